The van der Waals surface area contributed by atoms with E-state index in [1.54, 1.807) is 0 Å². The molecule has 0 bridgehead atoms. The fraction of sp³-hybridized carbons (Fsp3) is 0.100. The Morgan fingerprint density at radius 2 is 1.33 bits per heavy atom. The average Bonchev–Trinajstić information content (AvgIpc) is 2.16. The predicted octanol–water partition coefficient (Wildman–Crippen LogP) is 2.29. The molecule has 0 amide bonds. The fourth-order valence-electron chi connectivity index (χ4n) is 0.258. The topological polar surface area (TPSA) is 112 Å². The Kier molecular flexibility index (Phi) is 15.8. The molecule has 0 aliphatic carbocycles. The van der Waals surface area contributed by atoms with Crippen LogP contribution in [0.3, 0.4) is 0 Å². The molecule has 0 spiro atoms. The van der Waals surface area contributed by atoms with Crippen LogP contribution >= 0.6 is 23.2 Å². The minimum absolute atomic E-state index is 0.111. The highest BCUT2D eigenvalue weighted by Gasteiger charge is 2.07. The molecule has 18 heavy (non-hydrogen) atoms. The van der Waals surface area contributed by atoms with Gasteiger partial charge in [-0.2, -0.15) is 0 Å². The third-order valence-electron chi connectivity index (χ3n) is 0.842. The monoisotopic (exact) mass is 298 g/mol. The molecule has 0 heterocycles. The zero-order valence-corrected chi connectivity index (χ0v) is 10.7. The van der Waals surface area contributed by atoms with E-state index in [-0.39, 0.29) is 10.1 Å². The molecule has 0 saturated carbocycles. The van der Waals surface area contributed by atoms with Crippen molar-refractivity contribution in [2.24, 2.45) is 0 Å². The molecule has 3 N–H and O–H groups in total. The van der Waals surface area contributed by atoms with Crippen LogP contribution in [0.4, 0.5) is 0 Å². The number of aliphatic carboxylic acids is 3. The van der Waals surface area contributed by atoms with Gasteiger partial charge in [-0.3, -0.25) is 4.79 Å². The van der Waals surface area contributed by atoms with Crippen LogP contribution in [0.5, 0.6) is 0 Å². The van der Waals surface area contributed by atoms with Crippen LogP contribution in [0.25, 0.3) is 0 Å². The van der Waals surface area contributed by atoms with Gasteiger partial charge in [0.05, 0.1) is 10.9 Å². The fourth-order valence-corrected chi connectivity index (χ4v) is 0.258. The number of carboxylic acids is 3. The third-order valence-corrected chi connectivity index (χ3v) is 0.842. The average molecular weight is 299 g/mol. The second-order valence-corrected chi connectivity index (χ2v) is 3.47. The van der Waals surface area contributed by atoms with E-state index in [4.69, 9.17) is 38.5 Å². The van der Waals surface area contributed by atoms with E-state index in [2.05, 4.69) is 19.7 Å². The molecule has 0 radical (unpaired) electrons. The lowest BCUT2D eigenvalue weighted by atomic mass is 10.2. The Morgan fingerprint density at radius 3 is 1.39 bits per heavy atom. The summed E-state index contributed by atoms with van der Waals surface area (Å²) in [5.74, 6) is -3.43. The molecular formula is C10H12Cl2O6. The van der Waals surface area contributed by atoms with Crippen molar-refractivity contribution in [3.05, 3.63) is 35.9 Å². The largest absolute Gasteiger partial charge is 0.481 e. The molecule has 0 aromatic rings. The Bertz CT molecular complexity index is 344. The summed E-state index contributed by atoms with van der Waals surface area (Å²) in [6, 6.07) is 0. The number of halogens is 2. The molecule has 0 fully saturated rings. The molecule has 0 aliphatic rings. The highest BCUT2D eigenvalue weighted by atomic mass is 35.5. The molecule has 8 heteroatoms. The SMILES string of the molecule is C=C(CC(=O)O)C(=O)O.C=C(Cl)Cl.C=CC(=O)O. The van der Waals surface area contributed by atoms with Crippen molar-refractivity contribution in [2.45, 2.75) is 6.42 Å². The van der Waals surface area contributed by atoms with Gasteiger partial charge >= 0.3 is 17.9 Å². The van der Waals surface area contributed by atoms with Crippen LogP contribution in [0.2, 0.25) is 0 Å². The van der Waals surface area contributed by atoms with Gasteiger partial charge in [-0.05, 0) is 0 Å². The molecule has 0 aromatic carbocycles. The van der Waals surface area contributed by atoms with Crippen molar-refractivity contribution < 1.29 is 29.7 Å². The number of carboxylic acid groups (broad SMARTS) is 3. The van der Waals surface area contributed by atoms with Crippen molar-refractivity contribution >= 4 is 41.1 Å². The molecule has 0 aliphatic heterocycles. The smallest absolute Gasteiger partial charge is 0.331 e. The van der Waals surface area contributed by atoms with Crippen LogP contribution in [0.15, 0.2) is 35.9 Å². The number of rotatable bonds is 4. The van der Waals surface area contributed by atoms with Crippen molar-refractivity contribution in [2.75, 3.05) is 0 Å². The van der Waals surface area contributed by atoms with E-state index in [1.165, 1.54) is 0 Å². The predicted molar refractivity (Wildman–Crippen MR) is 67.7 cm³/mol. The quantitative estimate of drug-likeness (QED) is 0.687. The summed E-state index contributed by atoms with van der Waals surface area (Å²) in [7, 11) is 0. The van der Waals surface area contributed by atoms with Gasteiger partial charge in [0.2, 0.25) is 0 Å². The first-order valence-electron chi connectivity index (χ1n) is 4.02. The molecular weight excluding hydrogens is 287 g/mol. The van der Waals surface area contributed by atoms with Gasteiger partial charge in [0.15, 0.2) is 0 Å². The Labute approximate surface area is 113 Å². The number of hydrogen-bond acceptors (Lipinski definition) is 3. The maximum Gasteiger partial charge on any atom is 0.331 e. The molecule has 102 valence electrons. The van der Waals surface area contributed by atoms with E-state index in [0.29, 0.717) is 0 Å². The summed E-state index contributed by atoms with van der Waals surface area (Å²) in [5.41, 5.74) is -0.303. The highest BCUT2D eigenvalue weighted by molar-refractivity contribution is 6.55. The molecule has 0 rings (SSSR count). The van der Waals surface area contributed by atoms with Gasteiger partial charge in [0, 0.05) is 11.6 Å². The van der Waals surface area contributed by atoms with Crippen molar-refractivity contribution in [3.8, 4) is 0 Å². The number of hydrogen-bond donors (Lipinski definition) is 3. The van der Waals surface area contributed by atoms with Crippen molar-refractivity contribution in [3.63, 3.8) is 0 Å². The van der Waals surface area contributed by atoms with Crippen LogP contribution in [-0.4, -0.2) is 33.2 Å². The summed E-state index contributed by atoms with van der Waals surface area (Å²) >= 11 is 9.69. The third kappa shape index (κ3) is 36.8. The van der Waals surface area contributed by atoms with E-state index in [0.717, 1.165) is 6.08 Å². The second kappa shape index (κ2) is 13.3. The Hall–Kier alpha value is -1.79. The first-order chi connectivity index (χ1) is 8.04. The molecule has 0 saturated heterocycles. The van der Waals surface area contributed by atoms with Crippen molar-refractivity contribution in [1.82, 2.24) is 0 Å². The van der Waals surface area contributed by atoms with Crippen LogP contribution in [-0.2, 0) is 14.4 Å². The Balaban J connectivity index is -0.000000212. The zero-order chi connectivity index (χ0) is 15.3. The summed E-state index contributed by atoms with van der Waals surface area (Å²) in [4.78, 5) is 28.9. The Morgan fingerprint density at radius 1 is 1.06 bits per heavy atom. The van der Waals surface area contributed by atoms with Gasteiger partial charge in [-0.15, -0.1) is 0 Å². The molecule has 6 nitrogen and oxygen atoms in total. The van der Waals surface area contributed by atoms with Crippen LogP contribution in [0, 0.1) is 0 Å². The molecule has 0 aromatic heterocycles. The first-order valence-corrected chi connectivity index (χ1v) is 4.78. The highest BCUT2D eigenvalue weighted by Crippen LogP contribution is 1.98. The maximum absolute atomic E-state index is 9.87. The van der Waals surface area contributed by atoms with Crippen molar-refractivity contribution in [1.29, 1.82) is 0 Å². The van der Waals surface area contributed by atoms with E-state index < -0.39 is 24.3 Å². The lowest BCUT2D eigenvalue weighted by molar-refractivity contribution is -0.139. The minimum atomic E-state index is -1.27. The first kappa shape index (κ1) is 21.5. The molecule has 0 unspecified atom stereocenters. The van der Waals surface area contributed by atoms with Gasteiger partial charge < -0.3 is 15.3 Å². The standard InChI is InChI=1S/C5H6O4.C3H4O2.C2H2Cl2/c1-3(5(8)9)2-4(6)7;1-2-3(4)5;1-2(3)4/h1-2H2,(H,6,7)(H,8,9);2H,1H2,(H,4,5);1H2. The van der Waals surface area contributed by atoms with Gasteiger partial charge in [0.25, 0.3) is 0 Å². The van der Waals surface area contributed by atoms with Gasteiger partial charge in [-0.1, -0.05) is 42.9 Å². The number of carbonyl (C=O) groups is 3. The maximum atomic E-state index is 9.87. The molecule has 0 atom stereocenters. The van der Waals surface area contributed by atoms with Gasteiger partial charge in [-0.25, -0.2) is 9.59 Å². The summed E-state index contributed by atoms with van der Waals surface area (Å²) < 4.78 is 0.111. The lowest BCUT2D eigenvalue weighted by Crippen LogP contribution is -2.04. The van der Waals surface area contributed by atoms with E-state index >= 15 is 0 Å². The van der Waals surface area contributed by atoms with E-state index in [9.17, 15) is 14.4 Å². The summed E-state index contributed by atoms with van der Waals surface area (Å²) in [5, 5.41) is 23.7. The summed E-state index contributed by atoms with van der Waals surface area (Å²) in [6.07, 6.45) is 0.329. The zero-order valence-electron chi connectivity index (χ0n) is 9.23. The van der Waals surface area contributed by atoms with Crippen LogP contribution < -0.4 is 0 Å². The van der Waals surface area contributed by atoms with Crippen LogP contribution in [0.1, 0.15) is 6.42 Å². The lowest BCUT2D eigenvalue weighted by Gasteiger charge is -1.91. The van der Waals surface area contributed by atoms with E-state index in [1.807, 2.05) is 0 Å². The summed E-state index contributed by atoms with van der Waals surface area (Å²) in [6.45, 7) is 9.06. The normalized spacial score (nSPS) is 7.44. The second-order valence-electron chi connectivity index (χ2n) is 2.36. The minimum Gasteiger partial charge on any atom is -0.481 e. The van der Waals surface area contributed by atoms with Gasteiger partial charge in [0.1, 0.15) is 0 Å².